The number of H-pyrrole nitrogens is 1. The van der Waals surface area contributed by atoms with E-state index in [4.69, 9.17) is 11.5 Å². The van der Waals surface area contributed by atoms with Gasteiger partial charge >= 0.3 is 5.97 Å². The van der Waals surface area contributed by atoms with E-state index < -0.39 is 60.7 Å². The molecule has 0 saturated heterocycles. The van der Waals surface area contributed by atoms with Crippen LogP contribution in [0.5, 0.6) is 0 Å². The third kappa shape index (κ3) is 8.70. The molecule has 13 heteroatoms. The molecule has 2 rings (SSSR count). The zero-order valence-corrected chi connectivity index (χ0v) is 18.2. The highest BCUT2D eigenvalue weighted by Gasteiger charge is 2.28. The van der Waals surface area contributed by atoms with Gasteiger partial charge in [0.2, 0.25) is 23.6 Å². The molecule has 0 saturated carbocycles. The number of aromatic amines is 1. The average molecular weight is 473 g/mol. The number of rotatable bonds is 13. The second-order valence-electron chi connectivity index (χ2n) is 7.48. The van der Waals surface area contributed by atoms with Crippen molar-refractivity contribution >= 4 is 29.6 Å². The second kappa shape index (κ2) is 12.7. The van der Waals surface area contributed by atoms with Gasteiger partial charge in [0, 0.05) is 18.3 Å². The van der Waals surface area contributed by atoms with Crippen LogP contribution in [0.4, 0.5) is 0 Å². The van der Waals surface area contributed by atoms with Gasteiger partial charge in [0.15, 0.2) is 0 Å². The van der Waals surface area contributed by atoms with Crippen LogP contribution in [0.15, 0.2) is 42.9 Å². The number of aliphatic carboxylic acids is 1. The lowest BCUT2D eigenvalue weighted by atomic mass is 10.1. The van der Waals surface area contributed by atoms with Crippen molar-refractivity contribution in [2.45, 2.75) is 37.4 Å². The number of carbonyl (C=O) groups excluding carboxylic acids is 4. The summed E-state index contributed by atoms with van der Waals surface area (Å²) in [6, 6.07) is 5.43. The number of carboxylic acids is 1. The number of hydrogen-bond donors (Lipinski definition) is 7. The predicted octanol–water partition coefficient (Wildman–Crippen LogP) is -2.43. The fraction of sp³-hybridized carbons (Fsp3) is 0.333. The van der Waals surface area contributed by atoms with Crippen LogP contribution in [0.2, 0.25) is 0 Å². The fourth-order valence-electron chi connectivity index (χ4n) is 3.00. The Morgan fingerprint density at radius 1 is 1.00 bits per heavy atom. The molecule has 0 spiro atoms. The first-order chi connectivity index (χ1) is 16.2. The van der Waals surface area contributed by atoms with Crippen LogP contribution in [0, 0.1) is 0 Å². The van der Waals surface area contributed by atoms with Crippen LogP contribution in [-0.2, 0) is 36.8 Å². The Morgan fingerprint density at radius 2 is 1.71 bits per heavy atom. The summed E-state index contributed by atoms with van der Waals surface area (Å²) in [6.45, 7) is -0.461. The number of carboxylic acid groups (broad SMARTS) is 1. The predicted molar refractivity (Wildman–Crippen MR) is 119 cm³/mol. The van der Waals surface area contributed by atoms with Gasteiger partial charge in [0.1, 0.15) is 12.1 Å². The van der Waals surface area contributed by atoms with Crippen LogP contribution in [0.3, 0.4) is 0 Å². The van der Waals surface area contributed by atoms with E-state index in [1.54, 1.807) is 0 Å². The van der Waals surface area contributed by atoms with Gasteiger partial charge in [-0.05, 0) is 12.0 Å². The monoisotopic (exact) mass is 473 g/mol. The molecule has 0 bridgehead atoms. The summed E-state index contributed by atoms with van der Waals surface area (Å²) in [5, 5.41) is 16.2. The number of aromatic nitrogens is 2. The molecule has 2 aromatic rings. The highest BCUT2D eigenvalue weighted by Crippen LogP contribution is 2.03. The summed E-state index contributed by atoms with van der Waals surface area (Å²) in [7, 11) is 0. The largest absolute Gasteiger partial charge is 0.480 e. The van der Waals surface area contributed by atoms with Gasteiger partial charge in [0.25, 0.3) is 0 Å². The molecule has 0 aliphatic carbocycles. The number of carbonyl (C=O) groups is 5. The SMILES string of the molecule is NC(=O)CC(NC(=O)C(Cc1cnc[nH]1)NC(=O)CNC(=O)C(N)Cc1ccccc1)C(=O)O. The molecule has 0 aliphatic rings. The van der Waals surface area contributed by atoms with Crippen LogP contribution < -0.4 is 27.4 Å². The quantitative estimate of drug-likeness (QED) is 0.165. The van der Waals surface area contributed by atoms with Crippen molar-refractivity contribution in [3.8, 4) is 0 Å². The van der Waals surface area contributed by atoms with E-state index in [2.05, 4.69) is 25.9 Å². The molecule has 1 aromatic heterocycles. The molecule has 34 heavy (non-hydrogen) atoms. The van der Waals surface area contributed by atoms with Crippen molar-refractivity contribution in [2.75, 3.05) is 6.54 Å². The van der Waals surface area contributed by atoms with Gasteiger partial charge in [-0.25, -0.2) is 9.78 Å². The van der Waals surface area contributed by atoms with E-state index in [1.807, 2.05) is 30.3 Å². The molecule has 0 fully saturated rings. The highest BCUT2D eigenvalue weighted by molar-refractivity contribution is 5.93. The molecular formula is C21H27N7O6. The van der Waals surface area contributed by atoms with Crippen molar-refractivity contribution in [1.82, 2.24) is 25.9 Å². The number of nitrogens with two attached hydrogens (primary N) is 2. The van der Waals surface area contributed by atoms with Crippen LogP contribution in [-0.4, -0.2) is 69.3 Å². The lowest BCUT2D eigenvalue weighted by Crippen LogP contribution is -2.55. The molecule has 3 unspecified atom stereocenters. The minimum atomic E-state index is -1.57. The van der Waals surface area contributed by atoms with Crippen molar-refractivity contribution in [1.29, 1.82) is 0 Å². The molecule has 13 nitrogen and oxygen atoms in total. The number of nitrogens with zero attached hydrogens (tertiary/aromatic N) is 1. The van der Waals surface area contributed by atoms with Crippen LogP contribution >= 0.6 is 0 Å². The van der Waals surface area contributed by atoms with Gasteiger partial charge in [0.05, 0.1) is 25.3 Å². The zero-order valence-electron chi connectivity index (χ0n) is 18.2. The van der Waals surface area contributed by atoms with E-state index in [9.17, 15) is 29.1 Å². The van der Waals surface area contributed by atoms with Gasteiger partial charge in [-0.15, -0.1) is 0 Å². The Labute approximate surface area is 194 Å². The molecule has 4 amide bonds. The molecule has 1 heterocycles. The Morgan fingerprint density at radius 3 is 2.29 bits per heavy atom. The minimum absolute atomic E-state index is 0.0536. The average Bonchev–Trinajstić information content (AvgIpc) is 3.30. The summed E-state index contributed by atoms with van der Waals surface area (Å²) in [5.74, 6) is -4.50. The molecule has 0 aliphatic heterocycles. The first kappa shape index (κ1) is 26.0. The normalized spacial score (nSPS) is 13.2. The first-order valence-corrected chi connectivity index (χ1v) is 10.3. The molecule has 0 radical (unpaired) electrons. The number of hydrogen-bond acceptors (Lipinski definition) is 7. The van der Waals surface area contributed by atoms with E-state index in [0.717, 1.165) is 5.56 Å². The third-order valence-corrected chi connectivity index (χ3v) is 4.71. The first-order valence-electron chi connectivity index (χ1n) is 10.3. The fourth-order valence-corrected chi connectivity index (χ4v) is 3.00. The summed E-state index contributed by atoms with van der Waals surface area (Å²) in [5.41, 5.74) is 12.3. The number of nitrogens with one attached hydrogen (secondary N) is 4. The maximum absolute atomic E-state index is 12.7. The second-order valence-corrected chi connectivity index (χ2v) is 7.48. The molecule has 1 aromatic carbocycles. The number of imidazole rings is 1. The van der Waals surface area contributed by atoms with Gasteiger partial charge in [-0.2, -0.15) is 0 Å². The van der Waals surface area contributed by atoms with Crippen LogP contribution in [0.1, 0.15) is 17.7 Å². The Balaban J connectivity index is 1.96. The third-order valence-electron chi connectivity index (χ3n) is 4.71. The summed E-state index contributed by atoms with van der Waals surface area (Å²) >= 11 is 0. The summed E-state index contributed by atoms with van der Waals surface area (Å²) in [4.78, 5) is 66.3. The van der Waals surface area contributed by atoms with E-state index in [1.165, 1.54) is 12.5 Å². The Hall–Kier alpha value is -4.26. The lowest BCUT2D eigenvalue weighted by Gasteiger charge is -2.21. The van der Waals surface area contributed by atoms with Crippen molar-refractivity contribution in [2.24, 2.45) is 11.5 Å². The Kier molecular flexibility index (Phi) is 9.71. The standard InChI is InChI=1S/C21H27N7O6/c22-14(6-12-4-2-1-3-5-12)19(31)25-10-18(30)27-15(7-13-9-24-11-26-13)20(32)28-16(21(33)34)8-17(23)29/h1-5,9,11,14-16H,6-8,10,22H2,(H2,23,29)(H,24,26)(H,25,31)(H,27,30)(H,28,32)(H,33,34). The van der Waals surface area contributed by atoms with Crippen LogP contribution in [0.25, 0.3) is 0 Å². The zero-order chi connectivity index (χ0) is 25.1. The number of primary amides is 1. The van der Waals surface area contributed by atoms with Crippen molar-refractivity contribution < 1.29 is 29.1 Å². The van der Waals surface area contributed by atoms with E-state index in [0.29, 0.717) is 5.69 Å². The molecule has 3 atom stereocenters. The number of amides is 4. The smallest absolute Gasteiger partial charge is 0.326 e. The van der Waals surface area contributed by atoms with Crippen molar-refractivity contribution in [3.63, 3.8) is 0 Å². The maximum Gasteiger partial charge on any atom is 0.326 e. The van der Waals surface area contributed by atoms with Crippen molar-refractivity contribution in [3.05, 3.63) is 54.1 Å². The maximum atomic E-state index is 12.7. The summed E-state index contributed by atoms with van der Waals surface area (Å²) in [6.07, 6.45) is 2.39. The topological polar surface area (TPSA) is 222 Å². The van der Waals surface area contributed by atoms with E-state index in [-0.39, 0.29) is 12.8 Å². The molecular weight excluding hydrogens is 446 g/mol. The number of benzene rings is 1. The molecule has 182 valence electrons. The summed E-state index contributed by atoms with van der Waals surface area (Å²) < 4.78 is 0. The van der Waals surface area contributed by atoms with Gasteiger partial charge in [-0.1, -0.05) is 30.3 Å². The van der Waals surface area contributed by atoms with Gasteiger partial charge < -0.3 is 37.5 Å². The Bertz CT molecular complexity index is 996. The minimum Gasteiger partial charge on any atom is -0.480 e. The van der Waals surface area contributed by atoms with E-state index >= 15 is 0 Å². The highest BCUT2D eigenvalue weighted by atomic mass is 16.4. The van der Waals surface area contributed by atoms with Gasteiger partial charge in [-0.3, -0.25) is 19.2 Å². The molecule has 9 N–H and O–H groups in total. The lowest BCUT2D eigenvalue weighted by molar-refractivity contribution is -0.143.